The van der Waals surface area contributed by atoms with E-state index in [2.05, 4.69) is 9.97 Å². The third-order valence-electron chi connectivity index (χ3n) is 2.80. The fourth-order valence-corrected chi connectivity index (χ4v) is 1.99. The molecule has 1 aromatic rings. The molecule has 0 spiro atoms. The lowest BCUT2D eigenvalue weighted by molar-refractivity contribution is 0.177. The zero-order valence-electron chi connectivity index (χ0n) is 9.07. The van der Waals surface area contributed by atoms with Crippen LogP contribution in [-0.4, -0.2) is 17.1 Å². The Kier molecular flexibility index (Phi) is 3.28. The van der Waals surface area contributed by atoms with Gasteiger partial charge < -0.3 is 10.5 Å². The molecule has 0 amide bonds. The lowest BCUT2D eigenvalue weighted by Gasteiger charge is -2.11. The van der Waals surface area contributed by atoms with Gasteiger partial charge in [0.05, 0.1) is 0 Å². The van der Waals surface area contributed by atoms with Crippen molar-refractivity contribution < 1.29 is 4.74 Å². The van der Waals surface area contributed by atoms with Crippen molar-refractivity contribution in [2.75, 3.05) is 7.11 Å². The highest BCUT2D eigenvalue weighted by atomic mass is 16.5. The number of hydrogen-bond acceptors (Lipinski definition) is 4. The van der Waals surface area contributed by atoms with Gasteiger partial charge in [0, 0.05) is 30.6 Å². The number of aryl methyl sites for hydroxylation is 1. The molecule has 0 saturated carbocycles. The third kappa shape index (κ3) is 2.33. The van der Waals surface area contributed by atoms with Crippen LogP contribution < -0.4 is 5.73 Å². The first kappa shape index (κ1) is 10.5. The Bertz CT molecular complexity index is 341. The summed E-state index contributed by atoms with van der Waals surface area (Å²) in [6.07, 6.45) is 6.27. The van der Waals surface area contributed by atoms with E-state index in [1.54, 1.807) is 7.11 Å². The number of aromatic nitrogens is 2. The van der Waals surface area contributed by atoms with Crippen LogP contribution >= 0.6 is 0 Å². The van der Waals surface area contributed by atoms with Gasteiger partial charge >= 0.3 is 0 Å². The van der Waals surface area contributed by atoms with Crippen molar-refractivity contribution in [2.24, 2.45) is 5.73 Å². The summed E-state index contributed by atoms with van der Waals surface area (Å²) in [5.74, 6) is 0.755. The van der Waals surface area contributed by atoms with E-state index in [9.17, 15) is 0 Å². The van der Waals surface area contributed by atoms with E-state index in [1.807, 2.05) is 6.20 Å². The second-order valence-corrected chi connectivity index (χ2v) is 3.97. The highest BCUT2D eigenvalue weighted by Gasteiger charge is 2.17. The minimum Gasteiger partial charge on any atom is -0.377 e. The number of nitrogens with two attached hydrogens (primary N) is 1. The summed E-state index contributed by atoms with van der Waals surface area (Å²) in [6.45, 7) is 0.475. The van der Waals surface area contributed by atoms with Crippen LogP contribution in [-0.2, 0) is 17.8 Å². The van der Waals surface area contributed by atoms with Crippen molar-refractivity contribution in [3.05, 3.63) is 23.3 Å². The van der Waals surface area contributed by atoms with Crippen LogP contribution in [0.2, 0.25) is 0 Å². The quantitative estimate of drug-likeness (QED) is 0.744. The highest BCUT2D eigenvalue weighted by Crippen LogP contribution is 2.24. The number of rotatable bonds is 2. The monoisotopic (exact) mass is 207 g/mol. The molecule has 0 fully saturated rings. The van der Waals surface area contributed by atoms with Crippen molar-refractivity contribution in [2.45, 2.75) is 38.3 Å². The average molecular weight is 207 g/mol. The first-order chi connectivity index (χ1) is 7.31. The molecule has 1 aliphatic carbocycles. The largest absolute Gasteiger partial charge is 0.377 e. The van der Waals surface area contributed by atoms with E-state index in [1.165, 1.54) is 12.8 Å². The molecule has 2 N–H and O–H groups in total. The van der Waals surface area contributed by atoms with Gasteiger partial charge in [0.2, 0.25) is 0 Å². The van der Waals surface area contributed by atoms with E-state index in [-0.39, 0.29) is 6.04 Å². The summed E-state index contributed by atoms with van der Waals surface area (Å²) in [6, 6.07) is 0.110. The molecule has 15 heavy (non-hydrogen) atoms. The van der Waals surface area contributed by atoms with Gasteiger partial charge in [-0.3, -0.25) is 0 Å². The van der Waals surface area contributed by atoms with Gasteiger partial charge in [0.25, 0.3) is 0 Å². The number of fused-ring (bicyclic) bond motifs is 1. The molecule has 82 valence electrons. The van der Waals surface area contributed by atoms with Gasteiger partial charge in [-0.25, -0.2) is 9.97 Å². The summed E-state index contributed by atoms with van der Waals surface area (Å²) in [7, 11) is 1.65. The van der Waals surface area contributed by atoms with Crippen LogP contribution in [0.15, 0.2) is 6.20 Å². The number of methoxy groups -OCH3 is 1. The molecule has 1 aromatic heterocycles. The fourth-order valence-electron chi connectivity index (χ4n) is 1.99. The summed E-state index contributed by atoms with van der Waals surface area (Å²) in [5.41, 5.74) is 8.29. The minimum atomic E-state index is 0.110. The highest BCUT2D eigenvalue weighted by molar-refractivity contribution is 5.22. The van der Waals surface area contributed by atoms with Crippen LogP contribution in [0.5, 0.6) is 0 Å². The zero-order valence-corrected chi connectivity index (χ0v) is 9.07. The summed E-state index contributed by atoms with van der Waals surface area (Å²) in [4.78, 5) is 8.76. The predicted octanol–water partition coefficient (Wildman–Crippen LogP) is 1.35. The van der Waals surface area contributed by atoms with E-state index < -0.39 is 0 Å². The molecule has 1 aliphatic rings. The molecular weight excluding hydrogens is 190 g/mol. The first-order valence-corrected chi connectivity index (χ1v) is 5.40. The Morgan fingerprint density at radius 1 is 1.53 bits per heavy atom. The third-order valence-corrected chi connectivity index (χ3v) is 2.80. The van der Waals surface area contributed by atoms with Crippen molar-refractivity contribution in [1.82, 2.24) is 9.97 Å². The number of hydrogen-bond donors (Lipinski definition) is 1. The maximum absolute atomic E-state index is 6.06. The van der Waals surface area contributed by atoms with E-state index >= 15 is 0 Å². The van der Waals surface area contributed by atoms with E-state index in [0.29, 0.717) is 6.61 Å². The zero-order chi connectivity index (χ0) is 10.7. The Morgan fingerprint density at radius 3 is 3.20 bits per heavy atom. The van der Waals surface area contributed by atoms with Gasteiger partial charge in [-0.1, -0.05) is 6.42 Å². The molecule has 0 aliphatic heterocycles. The predicted molar refractivity (Wildman–Crippen MR) is 57.2 cm³/mol. The standard InChI is InChI=1S/C11H17N3O/c1-15-7-11-13-6-8-9(12)4-2-3-5-10(8)14-11/h6,9H,2-5,7,12H2,1H3. The Balaban J connectivity index is 2.29. The molecular formula is C11H17N3O. The van der Waals surface area contributed by atoms with Gasteiger partial charge in [0.15, 0.2) is 5.82 Å². The molecule has 0 radical (unpaired) electrons. The second kappa shape index (κ2) is 4.68. The Morgan fingerprint density at radius 2 is 2.40 bits per heavy atom. The normalized spacial score (nSPS) is 20.8. The SMILES string of the molecule is COCc1ncc2c(n1)CCCCC2N. The van der Waals surface area contributed by atoms with E-state index in [0.717, 1.165) is 29.9 Å². The molecule has 0 saturated heterocycles. The molecule has 4 nitrogen and oxygen atoms in total. The summed E-state index contributed by atoms with van der Waals surface area (Å²) < 4.78 is 5.02. The summed E-state index contributed by atoms with van der Waals surface area (Å²) in [5, 5.41) is 0. The molecule has 0 bridgehead atoms. The molecule has 0 aromatic carbocycles. The van der Waals surface area contributed by atoms with Crippen LogP contribution in [0.1, 0.15) is 42.4 Å². The Labute approximate surface area is 89.9 Å². The molecule has 2 rings (SSSR count). The molecule has 4 heteroatoms. The first-order valence-electron chi connectivity index (χ1n) is 5.40. The Hall–Kier alpha value is -1.00. The average Bonchev–Trinajstić information content (AvgIpc) is 2.41. The topological polar surface area (TPSA) is 61.0 Å². The lowest BCUT2D eigenvalue weighted by atomic mass is 10.1. The van der Waals surface area contributed by atoms with Crippen molar-refractivity contribution in [3.8, 4) is 0 Å². The molecule has 1 atom stereocenters. The minimum absolute atomic E-state index is 0.110. The van der Waals surface area contributed by atoms with Crippen LogP contribution in [0, 0.1) is 0 Å². The van der Waals surface area contributed by atoms with Crippen molar-refractivity contribution in [3.63, 3.8) is 0 Å². The second-order valence-electron chi connectivity index (χ2n) is 3.97. The van der Waals surface area contributed by atoms with Gasteiger partial charge in [-0.2, -0.15) is 0 Å². The van der Waals surface area contributed by atoms with Gasteiger partial charge in [0.1, 0.15) is 6.61 Å². The number of ether oxygens (including phenoxy) is 1. The van der Waals surface area contributed by atoms with Crippen LogP contribution in [0.3, 0.4) is 0 Å². The van der Waals surface area contributed by atoms with Gasteiger partial charge in [-0.05, 0) is 19.3 Å². The molecule has 1 heterocycles. The van der Waals surface area contributed by atoms with Crippen LogP contribution in [0.4, 0.5) is 0 Å². The summed E-state index contributed by atoms with van der Waals surface area (Å²) >= 11 is 0. The van der Waals surface area contributed by atoms with Crippen molar-refractivity contribution >= 4 is 0 Å². The van der Waals surface area contributed by atoms with Crippen molar-refractivity contribution in [1.29, 1.82) is 0 Å². The van der Waals surface area contributed by atoms with Crippen LogP contribution in [0.25, 0.3) is 0 Å². The van der Waals surface area contributed by atoms with E-state index in [4.69, 9.17) is 10.5 Å². The lowest BCUT2D eigenvalue weighted by Crippen LogP contribution is -2.13. The fraction of sp³-hybridized carbons (Fsp3) is 0.636. The maximum Gasteiger partial charge on any atom is 0.154 e. The van der Waals surface area contributed by atoms with Gasteiger partial charge in [-0.15, -0.1) is 0 Å². The molecule has 1 unspecified atom stereocenters. The number of nitrogens with zero attached hydrogens (tertiary/aromatic N) is 2. The smallest absolute Gasteiger partial charge is 0.154 e. The maximum atomic E-state index is 6.06.